The molecule has 16 heteroatoms. The molecule has 69 heavy (non-hydrogen) atoms. The summed E-state index contributed by atoms with van der Waals surface area (Å²) in [7, 11) is 2.21. The summed E-state index contributed by atoms with van der Waals surface area (Å²) in [4.78, 5) is 74.0. The highest BCUT2D eigenvalue weighted by atomic mass is 35.5. The SMILES string of the molecule is C=C[C@@]1(C)C[C@H](OC(=O)CSC2CC3CCC(C2)N3C)[C@@]2(C)C(C)CCC3(CCC(=O)C32)[C@H](C)[C@@H]1OC(=O)CCCOC(=O)c1cn(C2C[C@@H]2F)c2c(Cl)c(N3C[C@@H](N)C4(CC4)C3)c(F)cc2c1=O. The molecule has 0 radical (unpaired) electrons. The maximum absolute atomic E-state index is 16.0. The van der Waals surface area contributed by atoms with E-state index in [2.05, 4.69) is 39.3 Å². The van der Waals surface area contributed by atoms with Crippen LogP contribution in [-0.4, -0.2) is 107 Å². The Labute approximate surface area is 413 Å². The molecule has 8 aliphatic rings. The van der Waals surface area contributed by atoms with Crippen LogP contribution in [0.15, 0.2) is 29.7 Å². The van der Waals surface area contributed by atoms with Crippen molar-refractivity contribution in [2.45, 2.75) is 165 Å². The van der Waals surface area contributed by atoms with Crippen LogP contribution in [0.3, 0.4) is 0 Å². The van der Waals surface area contributed by atoms with Gasteiger partial charge >= 0.3 is 17.9 Å². The Morgan fingerprint density at radius 3 is 2.39 bits per heavy atom. The van der Waals surface area contributed by atoms with Crippen LogP contribution in [0.4, 0.5) is 14.5 Å². The fraction of sp³-hybridized carbons (Fsp3) is 0.717. The number of hydrogen-bond donors (Lipinski definition) is 1. The van der Waals surface area contributed by atoms with Crippen molar-refractivity contribution in [3.63, 3.8) is 0 Å². The first-order chi connectivity index (χ1) is 32.7. The Balaban J connectivity index is 0.833. The Kier molecular flexibility index (Phi) is 12.7. The van der Waals surface area contributed by atoms with E-state index in [4.69, 9.17) is 31.5 Å². The standard InChI is InChI=1S/C53H69ClF2N4O8S/c1-7-50(4)23-40(67-42(63)26-69-32-19-30-10-11-31(20-32)58(30)6)51(5)28(2)12-14-53(15-13-38(61)47(51)53)29(3)48(50)68-41(62)9-8-18-66-49(65)34-24-60(37-22-35(37)55)44-33(46(34)64)21-36(56)45(43(44)54)59-25-39(57)52(27-59)16-17-52/h7,21,24,28-32,35,37,39-40,47-48H,1,8-20,22-23,25-27,57H2,2-6H3/t28?,29-,30?,31?,32?,35+,37?,39-,40+,47?,48+,50+,51-,53?/m1/s1. The van der Waals surface area contributed by atoms with E-state index >= 15 is 4.39 Å². The summed E-state index contributed by atoms with van der Waals surface area (Å²) >= 11 is 8.60. The van der Waals surface area contributed by atoms with Gasteiger partial charge in [-0.25, -0.2) is 13.6 Å². The highest BCUT2D eigenvalue weighted by molar-refractivity contribution is 8.00. The van der Waals surface area contributed by atoms with Crippen molar-refractivity contribution >= 4 is 63.6 Å². The maximum atomic E-state index is 16.0. The quantitative estimate of drug-likeness (QED) is 0.0885. The number of rotatable bonds is 13. The molecule has 10 rings (SSSR count). The average molecular weight is 996 g/mol. The smallest absolute Gasteiger partial charge is 0.343 e. The first kappa shape index (κ1) is 49.1. The van der Waals surface area contributed by atoms with E-state index in [0.717, 1.165) is 44.6 Å². The third-order valence-electron chi connectivity index (χ3n) is 19.4. The van der Waals surface area contributed by atoms with Gasteiger partial charge in [0.25, 0.3) is 0 Å². The Morgan fingerprint density at radius 1 is 1.03 bits per heavy atom. The molecule has 3 aliphatic heterocycles. The van der Waals surface area contributed by atoms with Gasteiger partial charge in [-0.15, -0.1) is 18.3 Å². The molecule has 13 atom stereocenters. The minimum Gasteiger partial charge on any atom is -0.462 e. The van der Waals surface area contributed by atoms with Gasteiger partial charge in [-0.05, 0) is 95.1 Å². The van der Waals surface area contributed by atoms with E-state index in [0.29, 0.717) is 49.7 Å². The molecule has 2 aromatic rings. The fourth-order valence-corrected chi connectivity index (χ4v) is 16.2. The Hall–Kier alpha value is -3.53. The van der Waals surface area contributed by atoms with E-state index in [-0.39, 0.29) is 94.2 Å². The van der Waals surface area contributed by atoms with Crippen molar-refractivity contribution in [3.8, 4) is 0 Å². The number of alkyl halides is 1. The largest absolute Gasteiger partial charge is 0.462 e. The molecule has 6 unspecified atom stereocenters. The topological polar surface area (TPSA) is 150 Å². The van der Waals surface area contributed by atoms with Crippen LogP contribution < -0.4 is 16.1 Å². The van der Waals surface area contributed by atoms with Crippen molar-refractivity contribution in [2.24, 2.45) is 45.1 Å². The maximum Gasteiger partial charge on any atom is 0.343 e. The van der Waals surface area contributed by atoms with Crippen molar-refractivity contribution in [1.29, 1.82) is 0 Å². The van der Waals surface area contributed by atoms with Crippen LogP contribution in [0, 0.1) is 45.2 Å². The zero-order chi connectivity index (χ0) is 49.1. The number of pyridine rings is 1. The van der Waals surface area contributed by atoms with E-state index in [9.17, 15) is 28.4 Å². The van der Waals surface area contributed by atoms with E-state index < -0.39 is 69.4 Å². The summed E-state index contributed by atoms with van der Waals surface area (Å²) in [6.45, 7) is 13.4. The van der Waals surface area contributed by atoms with Gasteiger partial charge in [0.05, 0.1) is 40.0 Å². The molecule has 5 saturated carbocycles. The van der Waals surface area contributed by atoms with Crippen molar-refractivity contribution in [3.05, 3.63) is 51.5 Å². The predicted octanol–water partition coefficient (Wildman–Crippen LogP) is 8.76. The number of anilines is 1. The molecular weight excluding hydrogens is 926 g/mol. The number of carbonyl (C=O) groups is 4. The summed E-state index contributed by atoms with van der Waals surface area (Å²) in [6, 6.07) is 1.33. The lowest BCUT2D eigenvalue weighted by Crippen LogP contribution is -2.63. The van der Waals surface area contributed by atoms with Crippen molar-refractivity contribution < 1.29 is 42.2 Å². The molecule has 1 aromatic heterocycles. The van der Waals surface area contributed by atoms with Gasteiger partial charge in [-0.2, -0.15) is 0 Å². The Bertz CT molecular complexity index is 2510. The first-order valence-electron chi connectivity index (χ1n) is 25.5. The van der Waals surface area contributed by atoms with Crippen LogP contribution in [0.2, 0.25) is 5.02 Å². The number of hydrogen-bond acceptors (Lipinski definition) is 12. The van der Waals surface area contributed by atoms with Crippen molar-refractivity contribution in [1.82, 2.24) is 9.47 Å². The summed E-state index contributed by atoms with van der Waals surface area (Å²) < 4.78 is 50.9. The van der Waals surface area contributed by atoms with Gasteiger partial charge in [0.15, 0.2) is 0 Å². The average Bonchev–Trinajstić information content (AvgIpc) is 4.18. The molecule has 4 heterocycles. The molecule has 4 bridgehead atoms. The minimum atomic E-state index is -1.24. The number of esters is 3. The van der Waals surface area contributed by atoms with Crippen LogP contribution in [0.5, 0.6) is 0 Å². The molecule has 0 amide bonds. The molecule has 5 aliphatic carbocycles. The molecule has 8 fully saturated rings. The fourth-order valence-electron chi connectivity index (χ4n) is 14.7. The highest BCUT2D eigenvalue weighted by Gasteiger charge is 2.69. The van der Waals surface area contributed by atoms with Gasteiger partial charge in [0.1, 0.15) is 35.5 Å². The number of ether oxygens (including phenoxy) is 3. The van der Waals surface area contributed by atoms with Gasteiger partial charge in [-0.3, -0.25) is 19.2 Å². The lowest BCUT2D eigenvalue weighted by molar-refractivity contribution is -0.212. The zero-order valence-electron chi connectivity index (χ0n) is 40.7. The molecule has 3 saturated heterocycles. The van der Waals surface area contributed by atoms with E-state index in [1.807, 2.05) is 13.0 Å². The second-order valence-electron chi connectivity index (χ2n) is 23.1. The summed E-state index contributed by atoms with van der Waals surface area (Å²) in [5, 5.41) is 0.207. The molecular formula is C53H69ClF2N4O8S. The summed E-state index contributed by atoms with van der Waals surface area (Å²) in [6.07, 6.45) is 10.0. The highest BCUT2D eigenvalue weighted by Crippen LogP contribution is 2.68. The van der Waals surface area contributed by atoms with Gasteiger partial charge in [0, 0.05) is 90.0 Å². The third kappa shape index (κ3) is 8.17. The number of thioether (sulfide) groups is 1. The van der Waals surface area contributed by atoms with Gasteiger partial charge in [-0.1, -0.05) is 45.4 Å². The number of nitrogens with zero attached hydrogens (tertiary/aromatic N) is 3. The molecule has 2 N–H and O–H groups in total. The van der Waals surface area contributed by atoms with Crippen LogP contribution in [0.1, 0.15) is 134 Å². The molecule has 1 spiro atoms. The van der Waals surface area contributed by atoms with Crippen LogP contribution in [0.25, 0.3) is 10.9 Å². The Morgan fingerprint density at radius 2 is 1.74 bits per heavy atom. The summed E-state index contributed by atoms with van der Waals surface area (Å²) in [5.74, 6) is -2.62. The molecule has 1 aromatic carbocycles. The van der Waals surface area contributed by atoms with E-state index in [1.54, 1.807) is 16.7 Å². The lowest BCUT2D eigenvalue weighted by atomic mass is 9.44. The number of nitrogens with two attached hydrogens (primary N) is 1. The third-order valence-corrected chi connectivity index (χ3v) is 21.0. The number of piperidine rings is 1. The van der Waals surface area contributed by atoms with Gasteiger partial charge in [0.2, 0.25) is 5.43 Å². The zero-order valence-corrected chi connectivity index (χ0v) is 42.3. The number of benzene rings is 1. The van der Waals surface area contributed by atoms with Crippen LogP contribution >= 0.6 is 23.4 Å². The number of ketones is 1. The number of fused-ring (bicyclic) bond motifs is 3. The lowest BCUT2D eigenvalue weighted by Gasteiger charge is -2.62. The molecule has 376 valence electrons. The normalized spacial score (nSPS) is 38.7. The number of halogens is 3. The second kappa shape index (κ2) is 17.9. The molecule has 12 nitrogen and oxygen atoms in total. The minimum absolute atomic E-state index is 0.0299. The van der Waals surface area contributed by atoms with Crippen molar-refractivity contribution in [2.75, 3.05) is 37.4 Å². The van der Waals surface area contributed by atoms with Crippen LogP contribution in [-0.2, 0) is 28.6 Å². The second-order valence-corrected chi connectivity index (χ2v) is 24.8. The summed E-state index contributed by atoms with van der Waals surface area (Å²) in [5.41, 5.74) is 3.45. The van der Waals surface area contributed by atoms with E-state index in [1.165, 1.54) is 23.6 Å². The monoisotopic (exact) mass is 994 g/mol. The number of carbonyl (C=O) groups excluding carboxylic acids is 4. The first-order valence-corrected chi connectivity index (χ1v) is 26.9. The number of Topliss-reactive ketones (excluding diaryl/α,β-unsaturated/α-hetero) is 1. The number of aromatic nitrogens is 1. The van der Waals surface area contributed by atoms with Gasteiger partial charge < -0.3 is 34.3 Å². The predicted molar refractivity (Wildman–Crippen MR) is 262 cm³/mol.